The summed E-state index contributed by atoms with van der Waals surface area (Å²) in [5, 5.41) is 0. The average molecular weight is 191 g/mol. The van der Waals surface area contributed by atoms with Gasteiger partial charge in [0.05, 0.1) is 0 Å². The standard InChI is InChI=1S/C12H17NO/c1-2-3-6-10-8-9-5-4-7-11(9)12(14)13-10/h8H,2-7H2,1H3,(H,13,14). The summed E-state index contributed by atoms with van der Waals surface area (Å²) < 4.78 is 0. The number of unbranched alkanes of at least 4 members (excludes halogenated alkanes) is 1. The van der Waals surface area contributed by atoms with Gasteiger partial charge in [0.15, 0.2) is 0 Å². The molecule has 0 bridgehead atoms. The fourth-order valence-electron chi connectivity index (χ4n) is 2.16. The SMILES string of the molecule is CCCCc1cc2c(c(=O)[nH]1)CCC2. The average Bonchev–Trinajstić information content (AvgIpc) is 2.63. The van der Waals surface area contributed by atoms with Crippen molar-refractivity contribution in [1.82, 2.24) is 4.98 Å². The summed E-state index contributed by atoms with van der Waals surface area (Å²) >= 11 is 0. The predicted octanol–water partition coefficient (Wildman–Crippen LogP) is 2.21. The molecule has 1 N–H and O–H groups in total. The lowest BCUT2D eigenvalue weighted by atomic mass is 10.1. The number of nitrogens with one attached hydrogen (secondary N) is 1. The van der Waals surface area contributed by atoms with E-state index in [1.54, 1.807) is 0 Å². The van der Waals surface area contributed by atoms with E-state index in [1.807, 2.05) is 0 Å². The number of hydrogen-bond acceptors (Lipinski definition) is 1. The molecule has 1 aliphatic rings. The van der Waals surface area contributed by atoms with Gasteiger partial charge in [0.1, 0.15) is 0 Å². The molecule has 0 aromatic carbocycles. The van der Waals surface area contributed by atoms with Gasteiger partial charge in [-0.25, -0.2) is 0 Å². The minimum atomic E-state index is 0.158. The third kappa shape index (κ3) is 1.74. The molecule has 0 radical (unpaired) electrons. The Labute approximate surface area is 84.4 Å². The van der Waals surface area contributed by atoms with Crippen LogP contribution in [0.3, 0.4) is 0 Å². The molecular formula is C12H17NO. The lowest BCUT2D eigenvalue weighted by Crippen LogP contribution is -2.14. The zero-order valence-corrected chi connectivity index (χ0v) is 8.73. The molecular weight excluding hydrogens is 174 g/mol. The van der Waals surface area contributed by atoms with E-state index in [1.165, 1.54) is 12.0 Å². The first kappa shape index (κ1) is 9.50. The number of fused-ring (bicyclic) bond motifs is 1. The number of rotatable bonds is 3. The van der Waals surface area contributed by atoms with E-state index >= 15 is 0 Å². The number of H-pyrrole nitrogens is 1. The summed E-state index contributed by atoms with van der Waals surface area (Å²) in [6.07, 6.45) is 6.57. The molecule has 76 valence electrons. The van der Waals surface area contributed by atoms with Crippen LogP contribution in [-0.4, -0.2) is 4.98 Å². The van der Waals surface area contributed by atoms with Gasteiger partial charge in [0, 0.05) is 11.3 Å². The first-order chi connectivity index (χ1) is 6.81. The molecule has 1 aromatic rings. The summed E-state index contributed by atoms with van der Waals surface area (Å²) in [5.74, 6) is 0. The van der Waals surface area contributed by atoms with Crippen LogP contribution in [0, 0.1) is 0 Å². The van der Waals surface area contributed by atoms with Crippen molar-refractivity contribution in [2.24, 2.45) is 0 Å². The van der Waals surface area contributed by atoms with Crippen LogP contribution in [0.25, 0.3) is 0 Å². The molecule has 1 heterocycles. The van der Waals surface area contributed by atoms with Gasteiger partial charge in [-0.3, -0.25) is 4.79 Å². The van der Waals surface area contributed by atoms with Crippen LogP contribution < -0.4 is 5.56 Å². The van der Waals surface area contributed by atoms with E-state index in [-0.39, 0.29) is 5.56 Å². The molecule has 0 saturated heterocycles. The fraction of sp³-hybridized carbons (Fsp3) is 0.583. The second-order valence-electron chi connectivity index (χ2n) is 4.08. The topological polar surface area (TPSA) is 32.9 Å². The van der Waals surface area contributed by atoms with E-state index in [0.29, 0.717) is 0 Å². The molecule has 0 unspecified atom stereocenters. The highest BCUT2D eigenvalue weighted by Crippen LogP contribution is 2.18. The van der Waals surface area contributed by atoms with Gasteiger partial charge < -0.3 is 4.98 Å². The molecule has 0 atom stereocenters. The van der Waals surface area contributed by atoms with Gasteiger partial charge in [-0.05, 0) is 43.7 Å². The van der Waals surface area contributed by atoms with Gasteiger partial charge in [-0.2, -0.15) is 0 Å². The molecule has 0 aliphatic heterocycles. The maximum absolute atomic E-state index is 11.6. The first-order valence-electron chi connectivity index (χ1n) is 5.55. The van der Waals surface area contributed by atoms with E-state index in [2.05, 4.69) is 18.0 Å². The highest BCUT2D eigenvalue weighted by Gasteiger charge is 2.14. The highest BCUT2D eigenvalue weighted by molar-refractivity contribution is 5.30. The van der Waals surface area contributed by atoms with E-state index in [4.69, 9.17) is 0 Å². The quantitative estimate of drug-likeness (QED) is 0.780. The van der Waals surface area contributed by atoms with Crippen LogP contribution in [0.2, 0.25) is 0 Å². The van der Waals surface area contributed by atoms with Crippen molar-refractivity contribution < 1.29 is 0 Å². The van der Waals surface area contributed by atoms with E-state index in [9.17, 15) is 4.79 Å². The first-order valence-corrected chi connectivity index (χ1v) is 5.55. The van der Waals surface area contributed by atoms with Crippen LogP contribution in [-0.2, 0) is 19.3 Å². The third-order valence-electron chi connectivity index (χ3n) is 2.96. The monoisotopic (exact) mass is 191 g/mol. The number of hydrogen-bond donors (Lipinski definition) is 1. The number of pyridine rings is 1. The number of aromatic amines is 1. The Morgan fingerprint density at radius 1 is 1.43 bits per heavy atom. The zero-order chi connectivity index (χ0) is 9.97. The third-order valence-corrected chi connectivity index (χ3v) is 2.96. The number of aromatic nitrogens is 1. The van der Waals surface area contributed by atoms with Crippen LogP contribution in [0.1, 0.15) is 43.0 Å². The normalized spacial score (nSPS) is 14.4. The second-order valence-corrected chi connectivity index (χ2v) is 4.08. The maximum Gasteiger partial charge on any atom is 0.251 e. The van der Waals surface area contributed by atoms with Crippen molar-refractivity contribution in [2.45, 2.75) is 45.4 Å². The fourth-order valence-corrected chi connectivity index (χ4v) is 2.16. The van der Waals surface area contributed by atoms with Gasteiger partial charge in [0.2, 0.25) is 0 Å². The molecule has 14 heavy (non-hydrogen) atoms. The van der Waals surface area contributed by atoms with Crippen LogP contribution in [0.4, 0.5) is 0 Å². The molecule has 0 saturated carbocycles. The Morgan fingerprint density at radius 2 is 2.29 bits per heavy atom. The van der Waals surface area contributed by atoms with Crippen molar-refractivity contribution in [1.29, 1.82) is 0 Å². The highest BCUT2D eigenvalue weighted by atomic mass is 16.1. The van der Waals surface area contributed by atoms with Crippen LogP contribution >= 0.6 is 0 Å². The molecule has 0 amide bonds. The zero-order valence-electron chi connectivity index (χ0n) is 8.73. The molecule has 1 aromatic heterocycles. The number of aryl methyl sites for hydroxylation is 2. The summed E-state index contributed by atoms with van der Waals surface area (Å²) in [5.41, 5.74) is 3.61. The minimum absolute atomic E-state index is 0.158. The van der Waals surface area contributed by atoms with Crippen molar-refractivity contribution in [3.63, 3.8) is 0 Å². The van der Waals surface area contributed by atoms with Crippen molar-refractivity contribution >= 4 is 0 Å². The van der Waals surface area contributed by atoms with Crippen molar-refractivity contribution in [3.8, 4) is 0 Å². The Bertz CT molecular complexity index is 378. The van der Waals surface area contributed by atoms with Gasteiger partial charge in [-0.15, -0.1) is 0 Å². The summed E-state index contributed by atoms with van der Waals surface area (Å²) in [6, 6.07) is 2.19. The Morgan fingerprint density at radius 3 is 3.07 bits per heavy atom. The predicted molar refractivity (Wildman–Crippen MR) is 57.7 cm³/mol. The van der Waals surface area contributed by atoms with Gasteiger partial charge >= 0.3 is 0 Å². The lowest BCUT2D eigenvalue weighted by Gasteiger charge is -2.03. The minimum Gasteiger partial charge on any atom is -0.326 e. The smallest absolute Gasteiger partial charge is 0.251 e. The largest absolute Gasteiger partial charge is 0.326 e. The second kappa shape index (κ2) is 3.99. The molecule has 2 nitrogen and oxygen atoms in total. The van der Waals surface area contributed by atoms with Crippen molar-refractivity contribution in [3.05, 3.63) is 33.2 Å². The molecule has 2 heteroatoms. The summed E-state index contributed by atoms with van der Waals surface area (Å²) in [7, 11) is 0. The maximum atomic E-state index is 11.6. The van der Waals surface area contributed by atoms with Gasteiger partial charge in [-0.1, -0.05) is 13.3 Å². The molecule has 1 aliphatic carbocycles. The molecule has 0 spiro atoms. The molecule has 0 fully saturated rings. The summed E-state index contributed by atoms with van der Waals surface area (Å²) in [6.45, 7) is 2.17. The summed E-state index contributed by atoms with van der Waals surface area (Å²) in [4.78, 5) is 14.6. The van der Waals surface area contributed by atoms with E-state index in [0.717, 1.165) is 43.4 Å². The van der Waals surface area contributed by atoms with Gasteiger partial charge in [0.25, 0.3) is 5.56 Å². The lowest BCUT2D eigenvalue weighted by molar-refractivity contribution is 0.771. The van der Waals surface area contributed by atoms with Crippen LogP contribution in [0.15, 0.2) is 10.9 Å². The Balaban J connectivity index is 2.28. The van der Waals surface area contributed by atoms with E-state index < -0.39 is 0 Å². The Hall–Kier alpha value is -1.05. The van der Waals surface area contributed by atoms with Crippen LogP contribution in [0.5, 0.6) is 0 Å². The Kier molecular flexibility index (Phi) is 2.71. The molecule has 2 rings (SSSR count). The van der Waals surface area contributed by atoms with Crippen molar-refractivity contribution in [2.75, 3.05) is 0 Å².